The largest absolute Gasteiger partial charge is 0.500 e. The molecule has 0 radical (unpaired) electrons. The molecule has 3 aromatic rings. The van der Waals surface area contributed by atoms with Crippen molar-refractivity contribution >= 4 is 38.7 Å². The Morgan fingerprint density at radius 2 is 2.10 bits per heavy atom. The Bertz CT molecular complexity index is 1220. The standard InChI is InChI=1S/C21H21BrN4O5/c1-3-5-6-19-24-16-8-7-14(22)11-15(16)21(28)25(19)23-12-13-9-17(26(29)30)20(27)18(10-13)31-4-2/h7-12,27H,3-6H2,1-2H3. The van der Waals surface area contributed by atoms with Crippen LogP contribution in [-0.4, -0.2) is 32.5 Å². The highest BCUT2D eigenvalue weighted by atomic mass is 79.9. The number of aromatic hydroxyl groups is 1. The maximum atomic E-state index is 13.1. The molecule has 0 aliphatic heterocycles. The first-order valence-electron chi connectivity index (χ1n) is 9.75. The van der Waals surface area contributed by atoms with Crippen molar-refractivity contribution in [3.05, 3.63) is 66.7 Å². The van der Waals surface area contributed by atoms with E-state index in [0.29, 0.717) is 28.7 Å². The Hall–Kier alpha value is -3.27. The van der Waals surface area contributed by atoms with Crippen LogP contribution < -0.4 is 10.3 Å². The van der Waals surface area contributed by atoms with E-state index in [-0.39, 0.29) is 17.9 Å². The van der Waals surface area contributed by atoms with Crippen molar-refractivity contribution in [3.63, 3.8) is 0 Å². The maximum absolute atomic E-state index is 13.1. The van der Waals surface area contributed by atoms with Crippen LogP contribution in [0.4, 0.5) is 5.69 Å². The van der Waals surface area contributed by atoms with Gasteiger partial charge in [-0.05, 0) is 37.6 Å². The summed E-state index contributed by atoms with van der Waals surface area (Å²) in [5.41, 5.74) is 0.0266. The van der Waals surface area contributed by atoms with E-state index >= 15 is 0 Å². The summed E-state index contributed by atoms with van der Waals surface area (Å²) in [7, 11) is 0. The molecule has 0 unspecified atom stereocenters. The molecule has 0 bridgehead atoms. The fourth-order valence-corrected chi connectivity index (χ4v) is 3.39. The summed E-state index contributed by atoms with van der Waals surface area (Å²) in [5.74, 6) is -0.0875. The summed E-state index contributed by atoms with van der Waals surface area (Å²) in [4.78, 5) is 28.3. The van der Waals surface area contributed by atoms with Gasteiger partial charge in [-0.3, -0.25) is 14.9 Å². The maximum Gasteiger partial charge on any atom is 0.315 e. The van der Waals surface area contributed by atoms with Crippen LogP contribution >= 0.6 is 15.9 Å². The SMILES string of the molecule is CCCCc1nc2ccc(Br)cc2c(=O)n1N=Cc1cc(OCC)c(O)c([N+](=O)[O-])c1. The molecule has 0 atom stereocenters. The van der Waals surface area contributed by atoms with Crippen molar-refractivity contribution in [3.8, 4) is 11.5 Å². The van der Waals surface area contributed by atoms with Gasteiger partial charge in [0.15, 0.2) is 5.75 Å². The third-order valence-corrected chi connectivity index (χ3v) is 5.02. The zero-order valence-corrected chi connectivity index (χ0v) is 18.6. The van der Waals surface area contributed by atoms with Gasteiger partial charge in [-0.25, -0.2) is 4.98 Å². The lowest BCUT2D eigenvalue weighted by atomic mass is 10.2. The highest BCUT2D eigenvalue weighted by molar-refractivity contribution is 9.10. The molecule has 162 valence electrons. The average molecular weight is 489 g/mol. The minimum absolute atomic E-state index is 0.0303. The van der Waals surface area contributed by atoms with Gasteiger partial charge in [-0.15, -0.1) is 0 Å². The first-order chi connectivity index (χ1) is 14.8. The number of ether oxygens (including phenoxy) is 1. The fourth-order valence-electron chi connectivity index (χ4n) is 3.03. The number of halogens is 1. The van der Waals surface area contributed by atoms with Crippen molar-refractivity contribution in [2.24, 2.45) is 5.10 Å². The van der Waals surface area contributed by atoms with Crippen LogP contribution in [-0.2, 0) is 6.42 Å². The predicted octanol–water partition coefficient (Wildman–Crippen LogP) is 4.40. The molecule has 1 aromatic heterocycles. The molecule has 0 fully saturated rings. The molecular formula is C21H21BrN4O5. The number of hydrogen-bond donors (Lipinski definition) is 1. The summed E-state index contributed by atoms with van der Waals surface area (Å²) in [6.45, 7) is 3.95. The van der Waals surface area contributed by atoms with Gasteiger partial charge in [0.1, 0.15) is 5.82 Å². The summed E-state index contributed by atoms with van der Waals surface area (Å²) < 4.78 is 7.24. The topological polar surface area (TPSA) is 120 Å². The zero-order valence-electron chi connectivity index (χ0n) is 17.0. The third-order valence-electron chi connectivity index (χ3n) is 4.53. The number of phenolic OH excluding ortho intramolecular Hbond substituents is 1. The van der Waals surface area contributed by atoms with Crippen molar-refractivity contribution in [2.75, 3.05) is 6.61 Å². The highest BCUT2D eigenvalue weighted by Crippen LogP contribution is 2.36. The molecular weight excluding hydrogens is 468 g/mol. The number of nitrogens with zero attached hydrogens (tertiary/aromatic N) is 4. The van der Waals surface area contributed by atoms with E-state index in [0.717, 1.165) is 17.3 Å². The second-order valence-electron chi connectivity index (χ2n) is 6.73. The van der Waals surface area contributed by atoms with E-state index in [1.807, 2.05) is 13.0 Å². The predicted molar refractivity (Wildman–Crippen MR) is 121 cm³/mol. The van der Waals surface area contributed by atoms with Crippen LogP contribution in [0.5, 0.6) is 11.5 Å². The molecule has 0 amide bonds. The molecule has 10 heteroatoms. The third kappa shape index (κ3) is 4.91. The van der Waals surface area contributed by atoms with Gasteiger partial charge in [0.2, 0.25) is 5.75 Å². The number of phenols is 1. The van der Waals surface area contributed by atoms with Crippen molar-refractivity contribution in [1.29, 1.82) is 0 Å². The van der Waals surface area contributed by atoms with Crippen molar-refractivity contribution in [1.82, 2.24) is 9.66 Å². The van der Waals surface area contributed by atoms with Crippen LogP contribution in [0.25, 0.3) is 10.9 Å². The van der Waals surface area contributed by atoms with E-state index in [9.17, 15) is 20.0 Å². The molecule has 0 saturated carbocycles. The molecule has 9 nitrogen and oxygen atoms in total. The van der Waals surface area contributed by atoms with Crippen LogP contribution in [0, 0.1) is 10.1 Å². The van der Waals surface area contributed by atoms with Crippen LogP contribution in [0.3, 0.4) is 0 Å². The number of unbranched alkanes of at least 4 members (excludes halogenated alkanes) is 1. The molecule has 0 spiro atoms. The molecule has 1 N–H and O–H groups in total. The zero-order chi connectivity index (χ0) is 22.5. The Kier molecular flexibility index (Phi) is 7.01. The van der Waals surface area contributed by atoms with E-state index in [1.165, 1.54) is 23.0 Å². The van der Waals surface area contributed by atoms with Gasteiger partial charge < -0.3 is 9.84 Å². The van der Waals surface area contributed by atoms with Gasteiger partial charge in [-0.2, -0.15) is 9.78 Å². The van der Waals surface area contributed by atoms with Gasteiger partial charge in [-0.1, -0.05) is 29.3 Å². The minimum atomic E-state index is -0.705. The van der Waals surface area contributed by atoms with E-state index < -0.39 is 16.4 Å². The monoisotopic (exact) mass is 488 g/mol. The van der Waals surface area contributed by atoms with Crippen LogP contribution in [0.15, 0.2) is 44.7 Å². The molecule has 1 heterocycles. The second-order valence-corrected chi connectivity index (χ2v) is 7.65. The van der Waals surface area contributed by atoms with Crippen molar-refractivity contribution < 1.29 is 14.8 Å². The molecule has 2 aromatic carbocycles. The number of nitro benzene ring substituents is 1. The second kappa shape index (κ2) is 9.69. The quantitative estimate of drug-likeness (QED) is 0.285. The number of rotatable bonds is 8. The minimum Gasteiger partial charge on any atom is -0.500 e. The fraction of sp³-hybridized carbons (Fsp3) is 0.286. The van der Waals surface area contributed by atoms with Crippen LogP contribution in [0.1, 0.15) is 38.1 Å². The number of aromatic nitrogens is 2. The number of benzene rings is 2. The average Bonchev–Trinajstić information content (AvgIpc) is 2.74. The Labute approximate surface area is 186 Å². The Morgan fingerprint density at radius 1 is 1.32 bits per heavy atom. The summed E-state index contributed by atoms with van der Waals surface area (Å²) in [6, 6.07) is 7.86. The normalized spacial score (nSPS) is 11.3. The highest BCUT2D eigenvalue weighted by Gasteiger charge is 2.20. The number of nitro groups is 1. The van der Waals surface area contributed by atoms with Gasteiger partial charge in [0.25, 0.3) is 5.56 Å². The molecule has 0 saturated heterocycles. The molecule has 31 heavy (non-hydrogen) atoms. The smallest absolute Gasteiger partial charge is 0.315 e. The lowest BCUT2D eigenvalue weighted by Crippen LogP contribution is -2.22. The van der Waals surface area contributed by atoms with Crippen LogP contribution in [0.2, 0.25) is 0 Å². The van der Waals surface area contributed by atoms with Crippen molar-refractivity contribution in [2.45, 2.75) is 33.1 Å². The summed E-state index contributed by atoms with van der Waals surface area (Å²) in [5, 5.41) is 26.0. The molecule has 0 aliphatic carbocycles. The van der Waals surface area contributed by atoms with Gasteiger partial charge in [0, 0.05) is 22.5 Å². The first kappa shape index (κ1) is 22.4. The number of aryl methyl sites for hydroxylation is 1. The summed E-state index contributed by atoms with van der Waals surface area (Å²) in [6.07, 6.45) is 3.61. The van der Waals surface area contributed by atoms with Gasteiger partial charge in [0.05, 0.1) is 28.6 Å². The van der Waals surface area contributed by atoms with E-state index in [1.54, 1.807) is 19.1 Å². The van der Waals surface area contributed by atoms with Gasteiger partial charge >= 0.3 is 5.69 Å². The van der Waals surface area contributed by atoms with E-state index in [4.69, 9.17) is 4.74 Å². The number of hydrogen-bond acceptors (Lipinski definition) is 7. The molecule has 0 aliphatic rings. The lowest BCUT2D eigenvalue weighted by molar-refractivity contribution is -0.386. The summed E-state index contributed by atoms with van der Waals surface area (Å²) >= 11 is 3.36. The van der Waals surface area contributed by atoms with E-state index in [2.05, 4.69) is 26.0 Å². The Morgan fingerprint density at radius 3 is 2.77 bits per heavy atom. The first-order valence-corrected chi connectivity index (χ1v) is 10.5. The molecule has 3 rings (SSSR count). The lowest BCUT2D eigenvalue weighted by Gasteiger charge is -2.10. The Balaban J connectivity index is 2.14. The number of fused-ring (bicyclic) bond motifs is 1.